The van der Waals surface area contributed by atoms with Crippen LogP contribution in [0.1, 0.15) is 107 Å². The number of hydroxylamine groups is 2. The van der Waals surface area contributed by atoms with Gasteiger partial charge in [0.1, 0.15) is 11.7 Å². The molecule has 12 nitrogen and oxygen atoms in total. The lowest BCUT2D eigenvalue weighted by Crippen LogP contribution is -2.40. The number of esters is 1. The third-order valence-corrected chi connectivity index (χ3v) is 9.14. The number of amides is 3. The first-order chi connectivity index (χ1) is 24.3. The Morgan fingerprint density at radius 2 is 1.45 bits per heavy atom. The third kappa shape index (κ3) is 11.4. The highest BCUT2D eigenvalue weighted by atomic mass is 16.7. The fraction of sp³-hybridized carbons (Fsp3) is 0.487. The van der Waals surface area contributed by atoms with Crippen molar-refractivity contribution >= 4 is 47.6 Å². The zero-order valence-corrected chi connectivity index (χ0v) is 29.9. The largest absolute Gasteiger partial charge is 0.457 e. The van der Waals surface area contributed by atoms with E-state index in [4.69, 9.17) is 19.0 Å². The van der Waals surface area contributed by atoms with E-state index in [1.807, 2.05) is 75.4 Å². The Balaban J connectivity index is 1.16. The molecular formula is C39H48N2O10. The number of ketones is 1. The van der Waals surface area contributed by atoms with Crippen molar-refractivity contribution in [2.24, 2.45) is 0 Å². The first-order valence-electron chi connectivity index (χ1n) is 17.5. The summed E-state index contributed by atoms with van der Waals surface area (Å²) in [6.45, 7) is 7.96. The van der Waals surface area contributed by atoms with Gasteiger partial charge in [-0.3, -0.25) is 24.0 Å². The predicted octanol–water partition coefficient (Wildman–Crippen LogP) is 5.22. The van der Waals surface area contributed by atoms with Gasteiger partial charge in [-0.05, 0) is 55.9 Å². The molecule has 1 saturated heterocycles. The Kier molecular flexibility index (Phi) is 13.8. The molecule has 0 bridgehead atoms. The average molecular weight is 705 g/mol. The number of ether oxygens (including phenoxy) is 3. The van der Waals surface area contributed by atoms with Crippen LogP contribution in [0.4, 0.5) is 0 Å². The van der Waals surface area contributed by atoms with Crippen molar-refractivity contribution in [2.45, 2.75) is 103 Å². The Morgan fingerprint density at radius 1 is 0.804 bits per heavy atom. The molecule has 2 aromatic rings. The van der Waals surface area contributed by atoms with Crippen LogP contribution in [0.2, 0.25) is 0 Å². The van der Waals surface area contributed by atoms with Gasteiger partial charge in [0.2, 0.25) is 5.91 Å². The van der Waals surface area contributed by atoms with Crippen LogP contribution in [-0.2, 0) is 54.2 Å². The van der Waals surface area contributed by atoms with Gasteiger partial charge >= 0.3 is 11.9 Å². The summed E-state index contributed by atoms with van der Waals surface area (Å²) >= 11 is 0. The molecule has 2 atom stereocenters. The van der Waals surface area contributed by atoms with E-state index in [9.17, 15) is 28.8 Å². The minimum atomic E-state index is -1.09. The highest BCUT2D eigenvalue weighted by molar-refractivity contribution is 6.01. The number of carbonyl (C=O) groups is 6. The van der Waals surface area contributed by atoms with E-state index in [1.54, 1.807) is 6.92 Å². The summed E-state index contributed by atoms with van der Waals surface area (Å²) in [5.41, 5.74) is 2.34. The van der Waals surface area contributed by atoms with Crippen LogP contribution >= 0.6 is 0 Å². The van der Waals surface area contributed by atoms with E-state index in [1.165, 1.54) is 0 Å². The van der Waals surface area contributed by atoms with E-state index in [-0.39, 0.29) is 64.1 Å². The van der Waals surface area contributed by atoms with Gasteiger partial charge in [0.15, 0.2) is 5.78 Å². The fourth-order valence-electron chi connectivity index (χ4n) is 5.73. The number of Topliss-reactive ketones (excluding diaryl/α,β-unsaturated/α-hetero) is 1. The van der Waals surface area contributed by atoms with Crippen molar-refractivity contribution in [3.05, 3.63) is 70.8 Å². The normalized spacial score (nSPS) is 17.3. The minimum Gasteiger partial charge on any atom is -0.457 e. The highest BCUT2D eigenvalue weighted by Gasteiger charge is 2.34. The molecule has 2 aromatic carbocycles. The summed E-state index contributed by atoms with van der Waals surface area (Å²) in [5.74, 6) is -3.04. The van der Waals surface area contributed by atoms with Crippen molar-refractivity contribution in [3.8, 4) is 0 Å². The van der Waals surface area contributed by atoms with Crippen molar-refractivity contribution in [3.63, 3.8) is 0 Å². The Labute approximate surface area is 298 Å². The maximum Gasteiger partial charge on any atom is 0.333 e. The number of imide groups is 1. The zero-order valence-electron chi connectivity index (χ0n) is 29.9. The molecule has 0 aromatic heterocycles. The lowest BCUT2D eigenvalue weighted by atomic mass is 9.91. The average Bonchev–Trinajstić information content (AvgIpc) is 3.42. The molecule has 1 heterocycles. The maximum absolute atomic E-state index is 13.3. The Bertz CT molecular complexity index is 1620. The van der Waals surface area contributed by atoms with E-state index >= 15 is 0 Å². The second kappa shape index (κ2) is 18.0. The van der Waals surface area contributed by atoms with Gasteiger partial charge in [-0.15, -0.1) is 5.06 Å². The van der Waals surface area contributed by atoms with Gasteiger partial charge in [-0.2, -0.15) is 0 Å². The van der Waals surface area contributed by atoms with Crippen LogP contribution in [-0.4, -0.2) is 71.5 Å². The molecule has 1 fully saturated rings. The molecule has 1 aliphatic heterocycles. The van der Waals surface area contributed by atoms with Crippen molar-refractivity contribution in [1.82, 2.24) is 10.4 Å². The zero-order chi connectivity index (χ0) is 37.0. The second-order valence-corrected chi connectivity index (χ2v) is 13.5. The van der Waals surface area contributed by atoms with Gasteiger partial charge in [0.05, 0.1) is 31.7 Å². The quantitative estimate of drug-likeness (QED) is 0.124. The molecule has 0 spiro atoms. The monoisotopic (exact) mass is 704 g/mol. The molecule has 1 N–H and O–H groups in total. The Hall–Kier alpha value is -4.68. The fourth-order valence-corrected chi connectivity index (χ4v) is 5.73. The van der Waals surface area contributed by atoms with Gasteiger partial charge < -0.3 is 24.4 Å². The molecule has 0 saturated carbocycles. The highest BCUT2D eigenvalue weighted by Crippen LogP contribution is 2.32. The van der Waals surface area contributed by atoms with E-state index in [0.29, 0.717) is 24.3 Å². The number of hydrogen-bond donors (Lipinski definition) is 1. The van der Waals surface area contributed by atoms with Crippen LogP contribution in [0.25, 0.3) is 12.2 Å². The van der Waals surface area contributed by atoms with Gasteiger partial charge in [0.25, 0.3) is 11.8 Å². The number of benzene rings is 2. The summed E-state index contributed by atoms with van der Waals surface area (Å²) in [6.07, 6.45) is 4.49. The molecule has 0 radical (unpaired) electrons. The summed E-state index contributed by atoms with van der Waals surface area (Å²) < 4.78 is 18.0. The van der Waals surface area contributed by atoms with Crippen LogP contribution in [0.15, 0.2) is 48.5 Å². The molecule has 3 amide bonds. The number of carbonyl (C=O) groups excluding carboxylic acids is 6. The van der Waals surface area contributed by atoms with Gasteiger partial charge in [-0.1, -0.05) is 67.6 Å². The van der Waals surface area contributed by atoms with E-state index < -0.39 is 47.0 Å². The Morgan fingerprint density at radius 3 is 2.18 bits per heavy atom. The molecule has 2 unspecified atom stereocenters. The number of nitrogens with zero attached hydrogens (tertiary/aromatic N) is 1. The van der Waals surface area contributed by atoms with Crippen molar-refractivity contribution < 1.29 is 47.8 Å². The predicted molar refractivity (Wildman–Crippen MR) is 187 cm³/mol. The molecule has 1 aliphatic carbocycles. The molecular weight excluding hydrogens is 656 g/mol. The lowest BCUT2D eigenvalue weighted by Gasteiger charge is -2.31. The minimum absolute atomic E-state index is 0.00480. The maximum atomic E-state index is 13.3. The smallest absolute Gasteiger partial charge is 0.333 e. The summed E-state index contributed by atoms with van der Waals surface area (Å²) in [6, 6.07) is 15.9. The molecule has 51 heavy (non-hydrogen) atoms. The van der Waals surface area contributed by atoms with Gasteiger partial charge in [0, 0.05) is 38.6 Å². The van der Waals surface area contributed by atoms with Crippen LogP contribution in [0.5, 0.6) is 0 Å². The second-order valence-electron chi connectivity index (χ2n) is 13.5. The van der Waals surface area contributed by atoms with Crippen LogP contribution < -0.4 is 5.32 Å². The summed E-state index contributed by atoms with van der Waals surface area (Å²) in [5, 5.41) is 3.11. The van der Waals surface area contributed by atoms with Crippen molar-refractivity contribution in [2.75, 3.05) is 19.8 Å². The topological polar surface area (TPSA) is 155 Å². The van der Waals surface area contributed by atoms with Crippen LogP contribution in [0.3, 0.4) is 0 Å². The van der Waals surface area contributed by atoms with E-state index in [0.717, 1.165) is 22.3 Å². The summed E-state index contributed by atoms with van der Waals surface area (Å²) in [7, 11) is 0. The lowest BCUT2D eigenvalue weighted by molar-refractivity contribution is -0.197. The molecule has 4 rings (SSSR count). The third-order valence-electron chi connectivity index (χ3n) is 9.14. The van der Waals surface area contributed by atoms with E-state index in [2.05, 4.69) is 11.4 Å². The first-order valence-corrected chi connectivity index (χ1v) is 17.5. The van der Waals surface area contributed by atoms with Gasteiger partial charge in [-0.25, -0.2) is 4.79 Å². The molecule has 274 valence electrons. The number of rotatable bonds is 18. The van der Waals surface area contributed by atoms with Crippen molar-refractivity contribution in [1.29, 1.82) is 0 Å². The van der Waals surface area contributed by atoms with Crippen LogP contribution in [0, 0.1) is 0 Å². The molecule has 2 aliphatic rings. The number of hydrogen-bond acceptors (Lipinski definition) is 10. The first kappa shape index (κ1) is 39.1. The molecule has 12 heteroatoms. The number of nitrogens with one attached hydrogen (secondary N) is 1. The standard InChI is InChI=1S/C39H48N2O10/c1-5-39(4,49-24-22-38(2,3)48-25-23-40-33(43)17-21-37(47)51-41-34(44)18-19-35(41)45)32(42)16-20-36(46)50-31-26-29-12-7-6-10-27(29)14-15-28-11-8-9-13-30(28)31/h6-15,31H,5,16-26H2,1-4H3,(H,40,43)/b15-14-. The summed E-state index contributed by atoms with van der Waals surface area (Å²) in [4.78, 5) is 78.3. The SMILES string of the molecule is CCC(C)(OCCC(C)(C)OCCNC(=O)CCC(=O)ON1C(=O)CCC1=O)C(=O)CCC(=O)OC1Cc2ccccc2/C=C\c2ccccc21. The number of fused-ring (bicyclic) bond motifs is 2.